The fourth-order valence-electron chi connectivity index (χ4n) is 2.33. The number of fused-ring (bicyclic) bond motifs is 2. The Hall–Kier alpha value is -2.25. The number of rotatable bonds is 3. The third-order valence-electron chi connectivity index (χ3n) is 3.44. The number of benzene rings is 2. The number of nitrogens with one attached hydrogen (secondary N) is 1. The van der Waals surface area contributed by atoms with Crippen LogP contribution in [0.1, 0.15) is 5.56 Å². The average Bonchev–Trinajstić information content (AvgIpc) is 2.98. The van der Waals surface area contributed by atoms with Gasteiger partial charge in [0.25, 0.3) is 5.56 Å². The van der Waals surface area contributed by atoms with Gasteiger partial charge in [0.2, 0.25) is 10.1 Å². The molecule has 2 heterocycles. The zero-order valence-electron chi connectivity index (χ0n) is 11.9. The van der Waals surface area contributed by atoms with Gasteiger partial charge in [0.15, 0.2) is 0 Å². The second-order valence-corrected chi connectivity index (χ2v) is 6.89. The van der Waals surface area contributed by atoms with E-state index in [0.29, 0.717) is 27.5 Å². The standard InChI is InChI=1S/C16H11BrN4OS/c17-11-6-7-13-12(8-11)14(22)21-16(19-13)23-15(20-21)18-9-10-4-2-1-3-5-10/h1-8H,9H2,(H,18,20). The lowest BCUT2D eigenvalue weighted by atomic mass is 10.2. The van der Waals surface area contributed by atoms with Crippen molar-refractivity contribution >= 4 is 48.3 Å². The molecule has 0 fully saturated rings. The van der Waals surface area contributed by atoms with E-state index in [0.717, 1.165) is 10.0 Å². The Kier molecular flexibility index (Phi) is 3.59. The van der Waals surface area contributed by atoms with Crippen molar-refractivity contribution in [1.29, 1.82) is 0 Å². The lowest BCUT2D eigenvalue weighted by Gasteiger charge is -2.00. The van der Waals surface area contributed by atoms with Crippen LogP contribution >= 0.6 is 27.3 Å². The van der Waals surface area contributed by atoms with E-state index in [1.54, 1.807) is 6.07 Å². The van der Waals surface area contributed by atoms with Crippen LogP contribution in [0.15, 0.2) is 57.8 Å². The summed E-state index contributed by atoms with van der Waals surface area (Å²) in [5.74, 6) is 0. The molecule has 0 saturated heterocycles. The van der Waals surface area contributed by atoms with Crippen molar-refractivity contribution < 1.29 is 0 Å². The summed E-state index contributed by atoms with van der Waals surface area (Å²) in [5, 5.41) is 8.81. The summed E-state index contributed by atoms with van der Waals surface area (Å²) >= 11 is 4.75. The van der Waals surface area contributed by atoms with E-state index >= 15 is 0 Å². The maximum atomic E-state index is 12.5. The van der Waals surface area contributed by atoms with Crippen molar-refractivity contribution in [2.24, 2.45) is 0 Å². The van der Waals surface area contributed by atoms with Crippen molar-refractivity contribution in [3.05, 3.63) is 68.9 Å². The normalized spacial score (nSPS) is 11.2. The van der Waals surface area contributed by atoms with Gasteiger partial charge >= 0.3 is 0 Å². The van der Waals surface area contributed by atoms with E-state index in [-0.39, 0.29) is 5.56 Å². The molecule has 0 spiro atoms. The van der Waals surface area contributed by atoms with E-state index in [9.17, 15) is 4.79 Å². The van der Waals surface area contributed by atoms with Crippen molar-refractivity contribution in [2.45, 2.75) is 6.54 Å². The predicted octanol–water partition coefficient (Wildman–Crippen LogP) is 3.68. The van der Waals surface area contributed by atoms with Gasteiger partial charge in [0.05, 0.1) is 10.9 Å². The molecular weight excluding hydrogens is 376 g/mol. The van der Waals surface area contributed by atoms with Crippen molar-refractivity contribution in [3.8, 4) is 0 Å². The van der Waals surface area contributed by atoms with Crippen LogP contribution < -0.4 is 10.9 Å². The number of hydrogen-bond acceptors (Lipinski definition) is 5. The number of nitrogens with zero attached hydrogens (tertiary/aromatic N) is 3. The molecule has 0 saturated carbocycles. The fraction of sp³-hybridized carbons (Fsp3) is 0.0625. The lowest BCUT2D eigenvalue weighted by Crippen LogP contribution is -2.15. The van der Waals surface area contributed by atoms with Gasteiger partial charge in [-0.3, -0.25) is 4.79 Å². The molecule has 5 nitrogen and oxygen atoms in total. The van der Waals surface area contributed by atoms with E-state index in [2.05, 4.69) is 31.3 Å². The van der Waals surface area contributed by atoms with E-state index < -0.39 is 0 Å². The highest BCUT2D eigenvalue weighted by Gasteiger charge is 2.11. The van der Waals surface area contributed by atoms with Gasteiger partial charge in [-0.15, -0.1) is 5.10 Å². The molecule has 0 aliphatic rings. The summed E-state index contributed by atoms with van der Waals surface area (Å²) in [4.78, 5) is 17.6. The SMILES string of the molecule is O=c1c2cc(Br)ccc2nc2sc(NCc3ccccc3)nn12. The van der Waals surface area contributed by atoms with Crippen molar-refractivity contribution in [1.82, 2.24) is 14.6 Å². The molecule has 2 aromatic carbocycles. The Labute approximate surface area is 143 Å². The molecule has 0 aliphatic heterocycles. The second kappa shape index (κ2) is 5.75. The molecule has 0 atom stereocenters. The molecule has 2 aromatic heterocycles. The molecule has 0 unspecified atom stereocenters. The monoisotopic (exact) mass is 386 g/mol. The Morgan fingerprint density at radius 1 is 1.17 bits per heavy atom. The average molecular weight is 387 g/mol. The summed E-state index contributed by atoms with van der Waals surface area (Å²) in [6.07, 6.45) is 0. The first kappa shape index (κ1) is 14.3. The zero-order chi connectivity index (χ0) is 15.8. The lowest BCUT2D eigenvalue weighted by molar-refractivity contribution is 0.910. The molecule has 0 bridgehead atoms. The first-order valence-electron chi connectivity index (χ1n) is 6.98. The second-order valence-electron chi connectivity index (χ2n) is 5.02. The molecule has 0 aliphatic carbocycles. The van der Waals surface area contributed by atoms with Gasteiger partial charge in [-0.05, 0) is 23.8 Å². The van der Waals surface area contributed by atoms with Gasteiger partial charge in [-0.1, -0.05) is 57.6 Å². The number of halogens is 1. The number of anilines is 1. The molecule has 4 aromatic rings. The zero-order valence-corrected chi connectivity index (χ0v) is 14.3. The fourth-order valence-corrected chi connectivity index (χ4v) is 3.48. The van der Waals surface area contributed by atoms with Gasteiger partial charge in [0.1, 0.15) is 0 Å². The molecular formula is C16H11BrN4OS. The molecule has 7 heteroatoms. The van der Waals surface area contributed by atoms with Gasteiger partial charge in [-0.2, -0.15) is 4.52 Å². The highest BCUT2D eigenvalue weighted by atomic mass is 79.9. The van der Waals surface area contributed by atoms with Crippen LogP contribution in [0.5, 0.6) is 0 Å². The maximum absolute atomic E-state index is 12.5. The molecule has 4 rings (SSSR count). The van der Waals surface area contributed by atoms with Gasteiger partial charge in [0, 0.05) is 11.0 Å². The molecule has 0 radical (unpaired) electrons. The first-order valence-corrected chi connectivity index (χ1v) is 8.58. The highest BCUT2D eigenvalue weighted by Crippen LogP contribution is 2.21. The van der Waals surface area contributed by atoms with Crippen molar-refractivity contribution in [2.75, 3.05) is 5.32 Å². The largest absolute Gasteiger partial charge is 0.356 e. The third-order valence-corrected chi connectivity index (χ3v) is 4.80. The quantitative estimate of drug-likeness (QED) is 0.583. The highest BCUT2D eigenvalue weighted by molar-refractivity contribution is 9.10. The van der Waals surface area contributed by atoms with Crippen LogP contribution in [-0.2, 0) is 6.54 Å². The minimum atomic E-state index is -0.157. The predicted molar refractivity (Wildman–Crippen MR) is 96.1 cm³/mol. The Bertz CT molecular complexity index is 1060. The van der Waals surface area contributed by atoms with Crippen LogP contribution in [0, 0.1) is 0 Å². The summed E-state index contributed by atoms with van der Waals surface area (Å²) in [5.41, 5.74) is 1.67. The Morgan fingerprint density at radius 3 is 2.83 bits per heavy atom. The number of hydrogen-bond donors (Lipinski definition) is 1. The minimum absolute atomic E-state index is 0.157. The topological polar surface area (TPSA) is 59.3 Å². The number of aromatic nitrogens is 3. The first-order chi connectivity index (χ1) is 11.2. The molecule has 1 N–H and O–H groups in total. The molecule has 114 valence electrons. The van der Waals surface area contributed by atoms with Crippen LogP contribution in [-0.4, -0.2) is 14.6 Å². The van der Waals surface area contributed by atoms with Gasteiger partial charge in [-0.25, -0.2) is 4.98 Å². The molecule has 23 heavy (non-hydrogen) atoms. The molecule has 0 amide bonds. The van der Waals surface area contributed by atoms with E-state index in [4.69, 9.17) is 0 Å². The van der Waals surface area contributed by atoms with Crippen LogP contribution in [0.2, 0.25) is 0 Å². The summed E-state index contributed by atoms with van der Waals surface area (Å²) < 4.78 is 2.20. The Morgan fingerprint density at radius 2 is 2.00 bits per heavy atom. The van der Waals surface area contributed by atoms with Gasteiger partial charge < -0.3 is 5.32 Å². The summed E-state index contributed by atoms with van der Waals surface area (Å²) in [6, 6.07) is 15.5. The third kappa shape index (κ3) is 2.73. The summed E-state index contributed by atoms with van der Waals surface area (Å²) in [7, 11) is 0. The van der Waals surface area contributed by atoms with E-state index in [1.165, 1.54) is 15.9 Å². The Balaban J connectivity index is 1.74. The minimum Gasteiger partial charge on any atom is -0.356 e. The van der Waals surface area contributed by atoms with Crippen molar-refractivity contribution in [3.63, 3.8) is 0 Å². The smallest absolute Gasteiger partial charge is 0.283 e. The maximum Gasteiger partial charge on any atom is 0.283 e. The summed E-state index contributed by atoms with van der Waals surface area (Å²) in [6.45, 7) is 0.653. The van der Waals surface area contributed by atoms with Crippen LogP contribution in [0.25, 0.3) is 15.9 Å². The van der Waals surface area contributed by atoms with E-state index in [1.807, 2.05) is 42.5 Å². The van der Waals surface area contributed by atoms with Crippen LogP contribution in [0.3, 0.4) is 0 Å². The van der Waals surface area contributed by atoms with Crippen LogP contribution in [0.4, 0.5) is 5.13 Å².